The van der Waals surface area contributed by atoms with Crippen LogP contribution in [-0.2, 0) is 16.0 Å². The van der Waals surface area contributed by atoms with Gasteiger partial charge in [0.1, 0.15) is 0 Å². The Morgan fingerprint density at radius 1 is 1.12 bits per heavy atom. The van der Waals surface area contributed by atoms with Gasteiger partial charge in [0.2, 0.25) is 11.8 Å². The van der Waals surface area contributed by atoms with Crippen LogP contribution in [-0.4, -0.2) is 49.4 Å². The quantitative estimate of drug-likeness (QED) is 0.852. The van der Waals surface area contributed by atoms with Crippen molar-refractivity contribution in [2.24, 2.45) is 0 Å². The smallest absolute Gasteiger partial charge is 0.227 e. The van der Waals surface area contributed by atoms with Crippen molar-refractivity contribution in [2.75, 3.05) is 32.1 Å². The number of nitrogens with one attached hydrogen (secondary N) is 1. The fourth-order valence-corrected chi connectivity index (χ4v) is 4.22. The van der Waals surface area contributed by atoms with Crippen LogP contribution < -0.4 is 10.2 Å². The molecule has 0 atom stereocenters. The molecule has 5 heteroatoms. The van der Waals surface area contributed by atoms with Crippen LogP contribution in [0.5, 0.6) is 0 Å². The van der Waals surface area contributed by atoms with Crippen LogP contribution >= 0.6 is 0 Å². The molecule has 1 aliphatic carbocycles. The number of anilines is 1. The van der Waals surface area contributed by atoms with Crippen LogP contribution in [0.2, 0.25) is 0 Å². The Hall–Kier alpha value is -1.88. The summed E-state index contributed by atoms with van der Waals surface area (Å²) in [6.07, 6.45) is 8.04. The number of likely N-dealkylation sites (N-methyl/N-ethyl adjacent to an activating group) is 1. The molecule has 0 aromatic heterocycles. The van der Waals surface area contributed by atoms with Crippen LogP contribution in [0.4, 0.5) is 5.69 Å². The maximum atomic E-state index is 12.4. The average molecular weight is 357 g/mol. The van der Waals surface area contributed by atoms with Crippen molar-refractivity contribution in [2.45, 2.75) is 56.9 Å². The van der Waals surface area contributed by atoms with Crippen LogP contribution in [0.1, 0.15) is 50.5 Å². The first-order valence-electron chi connectivity index (χ1n) is 9.84. The van der Waals surface area contributed by atoms with Gasteiger partial charge in [-0.25, -0.2) is 0 Å². The lowest BCUT2D eigenvalue weighted by Gasteiger charge is -2.43. The topological polar surface area (TPSA) is 52.7 Å². The molecule has 0 bridgehead atoms. The maximum Gasteiger partial charge on any atom is 0.227 e. The van der Waals surface area contributed by atoms with Crippen molar-refractivity contribution >= 4 is 17.5 Å². The summed E-state index contributed by atoms with van der Waals surface area (Å²) in [5.74, 6) is 0.263. The lowest BCUT2D eigenvalue weighted by atomic mass is 9.80. The predicted molar refractivity (Wildman–Crippen MR) is 104 cm³/mol. The Labute approximate surface area is 156 Å². The molecule has 5 nitrogen and oxygen atoms in total. The number of amides is 2. The molecule has 1 heterocycles. The second-order valence-corrected chi connectivity index (χ2v) is 7.95. The van der Waals surface area contributed by atoms with E-state index in [-0.39, 0.29) is 17.4 Å². The molecule has 1 aliphatic heterocycles. The minimum atomic E-state index is 0.0711. The number of benzene rings is 1. The van der Waals surface area contributed by atoms with Gasteiger partial charge in [-0.05, 0) is 51.1 Å². The zero-order chi connectivity index (χ0) is 18.6. The van der Waals surface area contributed by atoms with Gasteiger partial charge < -0.3 is 15.1 Å². The molecule has 1 aromatic carbocycles. The van der Waals surface area contributed by atoms with E-state index in [1.54, 1.807) is 0 Å². The molecule has 0 spiro atoms. The van der Waals surface area contributed by atoms with Crippen LogP contribution in [0.3, 0.4) is 0 Å². The first-order chi connectivity index (χ1) is 12.5. The third-order valence-corrected chi connectivity index (χ3v) is 6.03. The minimum absolute atomic E-state index is 0.0711. The van der Waals surface area contributed by atoms with Gasteiger partial charge in [0.15, 0.2) is 0 Å². The highest BCUT2D eigenvalue weighted by atomic mass is 16.2. The Balaban J connectivity index is 1.53. The van der Waals surface area contributed by atoms with Crippen LogP contribution in [0.25, 0.3) is 0 Å². The summed E-state index contributed by atoms with van der Waals surface area (Å²) < 4.78 is 0. The molecule has 1 saturated heterocycles. The van der Waals surface area contributed by atoms with Crippen LogP contribution in [0.15, 0.2) is 24.3 Å². The van der Waals surface area contributed by atoms with Gasteiger partial charge >= 0.3 is 0 Å². The summed E-state index contributed by atoms with van der Waals surface area (Å²) in [4.78, 5) is 28.3. The third-order valence-electron chi connectivity index (χ3n) is 6.03. The Bertz CT molecular complexity index is 633. The van der Waals surface area contributed by atoms with Crippen molar-refractivity contribution in [3.05, 3.63) is 29.8 Å². The van der Waals surface area contributed by atoms with E-state index in [0.29, 0.717) is 12.8 Å². The Kier molecular flexibility index (Phi) is 5.97. The van der Waals surface area contributed by atoms with Gasteiger partial charge in [-0.1, -0.05) is 31.4 Å². The van der Waals surface area contributed by atoms with Crippen molar-refractivity contribution in [3.63, 3.8) is 0 Å². The molecule has 1 saturated carbocycles. The van der Waals surface area contributed by atoms with Crippen molar-refractivity contribution < 1.29 is 9.59 Å². The molecule has 0 radical (unpaired) electrons. The SMILES string of the molecule is CN(C)C1(CNC(=O)Cc2ccc(N3CCCC3=O)cc2)CCCCC1. The average Bonchev–Trinajstić information content (AvgIpc) is 3.07. The number of carbonyl (C=O) groups excluding carboxylic acids is 2. The number of hydrogen-bond donors (Lipinski definition) is 1. The van der Waals surface area contributed by atoms with Crippen molar-refractivity contribution in [1.29, 1.82) is 0 Å². The van der Waals surface area contributed by atoms with Gasteiger partial charge in [-0.2, -0.15) is 0 Å². The van der Waals surface area contributed by atoms with Gasteiger partial charge in [-0.3, -0.25) is 9.59 Å². The standard InChI is InChI=1S/C21H31N3O2/c1-23(2)21(12-4-3-5-13-21)16-22-19(25)15-17-8-10-18(11-9-17)24-14-6-7-20(24)26/h8-11H,3-7,12-16H2,1-2H3,(H,22,25). The van der Waals surface area contributed by atoms with E-state index in [4.69, 9.17) is 0 Å². The summed E-state index contributed by atoms with van der Waals surface area (Å²) >= 11 is 0. The number of carbonyl (C=O) groups is 2. The third kappa shape index (κ3) is 4.26. The largest absolute Gasteiger partial charge is 0.354 e. The normalized spacial score (nSPS) is 19.8. The van der Waals surface area contributed by atoms with Gasteiger partial charge in [0.25, 0.3) is 0 Å². The van der Waals surface area contributed by atoms with E-state index in [1.165, 1.54) is 19.3 Å². The monoisotopic (exact) mass is 357 g/mol. The van der Waals surface area contributed by atoms with E-state index in [1.807, 2.05) is 29.2 Å². The highest BCUT2D eigenvalue weighted by Gasteiger charge is 2.34. The maximum absolute atomic E-state index is 12.4. The lowest BCUT2D eigenvalue weighted by Crippen LogP contribution is -2.54. The summed E-state index contributed by atoms with van der Waals surface area (Å²) in [5.41, 5.74) is 2.03. The van der Waals surface area contributed by atoms with E-state index in [2.05, 4.69) is 24.3 Å². The Morgan fingerprint density at radius 3 is 2.38 bits per heavy atom. The number of hydrogen-bond acceptors (Lipinski definition) is 3. The van der Waals surface area contributed by atoms with Gasteiger partial charge in [0.05, 0.1) is 6.42 Å². The molecule has 0 unspecified atom stereocenters. The minimum Gasteiger partial charge on any atom is -0.354 e. The highest BCUT2D eigenvalue weighted by Crippen LogP contribution is 2.31. The second-order valence-electron chi connectivity index (χ2n) is 7.95. The molecule has 2 fully saturated rings. The summed E-state index contributed by atoms with van der Waals surface area (Å²) in [6, 6.07) is 7.83. The predicted octanol–water partition coefficient (Wildman–Crippen LogP) is 2.74. The molecular weight excluding hydrogens is 326 g/mol. The van der Waals surface area contributed by atoms with E-state index in [0.717, 1.165) is 43.6 Å². The molecule has 26 heavy (non-hydrogen) atoms. The number of nitrogens with zero attached hydrogens (tertiary/aromatic N) is 2. The zero-order valence-electron chi connectivity index (χ0n) is 16.1. The first-order valence-corrected chi connectivity index (χ1v) is 9.84. The van der Waals surface area contributed by atoms with Crippen LogP contribution in [0, 0.1) is 0 Å². The fourth-order valence-electron chi connectivity index (χ4n) is 4.22. The first kappa shape index (κ1) is 18.9. The van der Waals surface area contributed by atoms with Gasteiger partial charge in [0, 0.05) is 30.7 Å². The summed E-state index contributed by atoms with van der Waals surface area (Å²) in [6.45, 7) is 1.52. The van der Waals surface area contributed by atoms with Gasteiger partial charge in [-0.15, -0.1) is 0 Å². The van der Waals surface area contributed by atoms with E-state index >= 15 is 0 Å². The molecule has 2 aliphatic rings. The van der Waals surface area contributed by atoms with E-state index < -0.39 is 0 Å². The summed E-state index contributed by atoms with van der Waals surface area (Å²) in [5, 5.41) is 3.15. The molecular formula is C21H31N3O2. The zero-order valence-corrected chi connectivity index (χ0v) is 16.1. The fraction of sp³-hybridized carbons (Fsp3) is 0.619. The second kappa shape index (κ2) is 8.21. The summed E-state index contributed by atoms with van der Waals surface area (Å²) in [7, 11) is 4.24. The highest BCUT2D eigenvalue weighted by molar-refractivity contribution is 5.95. The molecule has 2 amide bonds. The van der Waals surface area contributed by atoms with Crippen molar-refractivity contribution in [3.8, 4) is 0 Å². The molecule has 3 rings (SSSR count). The lowest BCUT2D eigenvalue weighted by molar-refractivity contribution is -0.121. The molecule has 142 valence electrons. The number of rotatable bonds is 6. The Morgan fingerprint density at radius 2 is 1.81 bits per heavy atom. The van der Waals surface area contributed by atoms with E-state index in [9.17, 15) is 9.59 Å². The molecule has 1 N–H and O–H groups in total. The molecule has 1 aromatic rings. The van der Waals surface area contributed by atoms with Crippen molar-refractivity contribution in [1.82, 2.24) is 10.2 Å².